The van der Waals surface area contributed by atoms with E-state index in [2.05, 4.69) is 9.59 Å². The molecular weight excluding hydrogens is 308 g/mol. The second kappa shape index (κ2) is 5.90. The van der Waals surface area contributed by atoms with Gasteiger partial charge < -0.3 is 10.6 Å². The van der Waals surface area contributed by atoms with Crippen molar-refractivity contribution in [3.8, 4) is 10.6 Å². The maximum atomic E-state index is 12.6. The molecule has 8 heteroatoms. The molecule has 2 amide bonds. The molecule has 2 aromatic heterocycles. The SMILES string of the molecule is NC(=O)C1CCN(C(=O)c2snnc2-c2cccs2)CC1. The number of carbonyl (C=O) groups is 2. The first-order valence-corrected chi connectivity index (χ1v) is 8.27. The fourth-order valence-corrected chi connectivity index (χ4v) is 3.84. The Kier molecular flexibility index (Phi) is 3.98. The third-order valence-corrected chi connectivity index (χ3v) is 5.21. The van der Waals surface area contributed by atoms with Crippen LogP contribution in [0.25, 0.3) is 10.6 Å². The molecule has 0 atom stereocenters. The molecule has 0 bridgehead atoms. The van der Waals surface area contributed by atoms with Gasteiger partial charge in [-0.05, 0) is 35.8 Å². The van der Waals surface area contributed by atoms with Crippen LogP contribution in [-0.2, 0) is 4.79 Å². The van der Waals surface area contributed by atoms with E-state index in [0.717, 1.165) is 16.4 Å². The van der Waals surface area contributed by atoms with Gasteiger partial charge in [-0.1, -0.05) is 10.6 Å². The van der Waals surface area contributed by atoms with Gasteiger partial charge in [-0.25, -0.2) is 0 Å². The summed E-state index contributed by atoms with van der Waals surface area (Å²) in [5, 5.41) is 6.02. The number of nitrogens with zero attached hydrogens (tertiary/aromatic N) is 3. The molecule has 1 saturated heterocycles. The van der Waals surface area contributed by atoms with Gasteiger partial charge in [0.2, 0.25) is 5.91 Å². The molecule has 0 saturated carbocycles. The van der Waals surface area contributed by atoms with Crippen LogP contribution in [0.1, 0.15) is 22.5 Å². The number of nitrogens with two attached hydrogens (primary N) is 1. The minimum atomic E-state index is -0.277. The van der Waals surface area contributed by atoms with Crippen molar-refractivity contribution in [2.75, 3.05) is 13.1 Å². The van der Waals surface area contributed by atoms with Gasteiger partial charge in [0.05, 0.1) is 4.88 Å². The average molecular weight is 322 g/mol. The minimum Gasteiger partial charge on any atom is -0.369 e. The summed E-state index contributed by atoms with van der Waals surface area (Å²) in [6, 6.07) is 3.85. The van der Waals surface area contributed by atoms with Crippen LogP contribution >= 0.6 is 22.9 Å². The van der Waals surface area contributed by atoms with Crippen LogP contribution in [-0.4, -0.2) is 39.4 Å². The molecule has 3 heterocycles. The highest BCUT2D eigenvalue weighted by molar-refractivity contribution is 7.14. The lowest BCUT2D eigenvalue weighted by atomic mass is 9.96. The van der Waals surface area contributed by atoms with Gasteiger partial charge in [0.15, 0.2) is 0 Å². The summed E-state index contributed by atoms with van der Waals surface area (Å²) in [6.45, 7) is 1.10. The Balaban J connectivity index is 1.75. The van der Waals surface area contributed by atoms with Crippen LogP contribution in [0.3, 0.4) is 0 Å². The molecule has 1 aliphatic heterocycles. The number of rotatable bonds is 3. The predicted molar refractivity (Wildman–Crippen MR) is 81.0 cm³/mol. The maximum Gasteiger partial charge on any atom is 0.267 e. The molecule has 0 radical (unpaired) electrons. The van der Waals surface area contributed by atoms with E-state index in [9.17, 15) is 9.59 Å². The minimum absolute atomic E-state index is 0.0590. The van der Waals surface area contributed by atoms with Gasteiger partial charge in [0.25, 0.3) is 5.91 Å². The highest BCUT2D eigenvalue weighted by Gasteiger charge is 2.29. The smallest absolute Gasteiger partial charge is 0.267 e. The Morgan fingerprint density at radius 3 is 2.71 bits per heavy atom. The van der Waals surface area contributed by atoms with E-state index < -0.39 is 0 Å². The fraction of sp³-hybridized carbons (Fsp3) is 0.385. The fourth-order valence-electron chi connectivity index (χ4n) is 2.42. The summed E-state index contributed by atoms with van der Waals surface area (Å²) in [4.78, 5) is 27.0. The summed E-state index contributed by atoms with van der Waals surface area (Å²) in [6.07, 6.45) is 1.25. The standard InChI is InChI=1S/C13H14N4O2S2/c14-12(18)8-3-5-17(6-4-8)13(19)11-10(15-16-21-11)9-2-1-7-20-9/h1-2,7-8H,3-6H2,(H2,14,18). The van der Waals surface area contributed by atoms with Crippen molar-refractivity contribution in [1.29, 1.82) is 0 Å². The van der Waals surface area contributed by atoms with Gasteiger partial charge in [-0.2, -0.15) is 0 Å². The molecule has 110 valence electrons. The van der Waals surface area contributed by atoms with Crippen molar-refractivity contribution in [2.45, 2.75) is 12.8 Å². The number of carbonyl (C=O) groups excluding carboxylic acids is 2. The zero-order valence-electron chi connectivity index (χ0n) is 11.2. The number of piperidine rings is 1. The van der Waals surface area contributed by atoms with Crippen molar-refractivity contribution in [3.05, 3.63) is 22.4 Å². The van der Waals surface area contributed by atoms with Crippen molar-refractivity contribution < 1.29 is 9.59 Å². The van der Waals surface area contributed by atoms with E-state index in [4.69, 9.17) is 5.73 Å². The van der Waals surface area contributed by atoms with Crippen LogP contribution in [0.2, 0.25) is 0 Å². The van der Waals surface area contributed by atoms with Gasteiger partial charge in [-0.15, -0.1) is 16.4 Å². The Hall–Kier alpha value is -1.80. The number of hydrogen-bond acceptors (Lipinski definition) is 6. The second-order valence-corrected chi connectivity index (χ2v) is 6.60. The first-order valence-electron chi connectivity index (χ1n) is 6.61. The predicted octanol–water partition coefficient (Wildman–Crippen LogP) is 1.60. The molecule has 21 heavy (non-hydrogen) atoms. The zero-order valence-corrected chi connectivity index (χ0v) is 12.8. The number of aromatic nitrogens is 2. The topological polar surface area (TPSA) is 89.2 Å². The summed E-state index contributed by atoms with van der Waals surface area (Å²) in [5.41, 5.74) is 5.96. The van der Waals surface area contributed by atoms with E-state index >= 15 is 0 Å². The third-order valence-electron chi connectivity index (χ3n) is 3.62. The van der Waals surface area contributed by atoms with E-state index in [1.165, 1.54) is 11.3 Å². The van der Waals surface area contributed by atoms with Crippen LogP contribution < -0.4 is 5.73 Å². The third kappa shape index (κ3) is 2.81. The largest absolute Gasteiger partial charge is 0.369 e. The molecule has 1 fully saturated rings. The lowest BCUT2D eigenvalue weighted by molar-refractivity contribution is -0.123. The number of primary amides is 1. The first kappa shape index (κ1) is 14.2. The molecule has 2 N–H and O–H groups in total. The van der Waals surface area contributed by atoms with Crippen LogP contribution in [0.15, 0.2) is 17.5 Å². The Morgan fingerprint density at radius 2 is 2.10 bits per heavy atom. The van der Waals surface area contributed by atoms with Crippen LogP contribution in [0, 0.1) is 5.92 Å². The lowest BCUT2D eigenvalue weighted by Gasteiger charge is -2.30. The maximum absolute atomic E-state index is 12.6. The molecular formula is C13H14N4O2S2. The molecule has 0 spiro atoms. The van der Waals surface area contributed by atoms with Crippen molar-refractivity contribution >= 4 is 34.7 Å². The molecule has 6 nitrogen and oxygen atoms in total. The quantitative estimate of drug-likeness (QED) is 0.929. The number of thiophene rings is 1. The second-order valence-electron chi connectivity index (χ2n) is 4.90. The lowest BCUT2D eigenvalue weighted by Crippen LogP contribution is -2.41. The molecule has 1 aliphatic rings. The highest BCUT2D eigenvalue weighted by Crippen LogP contribution is 2.29. The number of hydrogen-bond donors (Lipinski definition) is 1. The summed E-state index contributed by atoms with van der Waals surface area (Å²) < 4.78 is 3.91. The Bertz CT molecular complexity index is 645. The van der Waals surface area contributed by atoms with Crippen molar-refractivity contribution in [1.82, 2.24) is 14.5 Å². The van der Waals surface area contributed by atoms with Crippen LogP contribution in [0.4, 0.5) is 0 Å². The van der Waals surface area contributed by atoms with Crippen LogP contribution in [0.5, 0.6) is 0 Å². The Labute approximate surface area is 129 Å². The van der Waals surface area contributed by atoms with E-state index in [1.54, 1.807) is 4.90 Å². The van der Waals surface area contributed by atoms with E-state index in [-0.39, 0.29) is 17.7 Å². The first-order chi connectivity index (χ1) is 10.2. The van der Waals surface area contributed by atoms with Crippen molar-refractivity contribution in [3.63, 3.8) is 0 Å². The molecule has 0 aromatic carbocycles. The summed E-state index contributed by atoms with van der Waals surface area (Å²) >= 11 is 2.65. The molecule has 0 unspecified atom stereocenters. The van der Waals surface area contributed by atoms with E-state index in [1.807, 2.05) is 17.5 Å². The normalized spacial score (nSPS) is 16.1. The Morgan fingerprint density at radius 1 is 1.33 bits per heavy atom. The zero-order chi connectivity index (χ0) is 14.8. The summed E-state index contributed by atoms with van der Waals surface area (Å²) in [7, 11) is 0. The number of likely N-dealkylation sites (tertiary alicyclic amines) is 1. The van der Waals surface area contributed by atoms with E-state index in [0.29, 0.717) is 36.5 Å². The van der Waals surface area contributed by atoms with Gasteiger partial charge in [-0.3, -0.25) is 9.59 Å². The number of amides is 2. The monoisotopic (exact) mass is 322 g/mol. The molecule has 2 aromatic rings. The highest BCUT2D eigenvalue weighted by atomic mass is 32.1. The summed E-state index contributed by atoms with van der Waals surface area (Å²) in [5.74, 6) is -0.456. The van der Waals surface area contributed by atoms with Gasteiger partial charge in [0, 0.05) is 19.0 Å². The van der Waals surface area contributed by atoms with Crippen molar-refractivity contribution in [2.24, 2.45) is 11.7 Å². The molecule has 3 rings (SSSR count). The molecule has 0 aliphatic carbocycles. The van der Waals surface area contributed by atoms with Gasteiger partial charge in [0.1, 0.15) is 10.6 Å². The van der Waals surface area contributed by atoms with Gasteiger partial charge >= 0.3 is 0 Å². The average Bonchev–Trinajstić information content (AvgIpc) is 3.17.